The van der Waals surface area contributed by atoms with Crippen molar-refractivity contribution in [2.24, 2.45) is 17.8 Å². The van der Waals surface area contributed by atoms with Crippen LogP contribution in [0.15, 0.2) is 42.5 Å². The number of nitrogens with zero attached hydrogens (tertiary/aromatic N) is 2. The Morgan fingerprint density at radius 1 is 1.14 bits per heavy atom. The molecule has 0 bridgehead atoms. The first-order valence-electron chi connectivity index (χ1n) is 13.2. The van der Waals surface area contributed by atoms with E-state index in [1.165, 1.54) is 4.90 Å². The largest absolute Gasteiger partial charge is 0.465 e. The van der Waals surface area contributed by atoms with Gasteiger partial charge >= 0.3 is 5.97 Å². The molecule has 2 saturated heterocycles. The molecule has 4 aliphatic rings. The normalized spacial score (nSPS) is 32.0. The van der Waals surface area contributed by atoms with Crippen LogP contribution in [0.1, 0.15) is 37.8 Å². The summed E-state index contributed by atoms with van der Waals surface area (Å²) in [6.45, 7) is 8.22. The monoisotopic (exact) mass is 508 g/mol. The number of amides is 2. The Morgan fingerprint density at radius 2 is 1.92 bits per heavy atom. The van der Waals surface area contributed by atoms with Crippen molar-refractivity contribution in [2.45, 2.75) is 64.3 Å². The van der Waals surface area contributed by atoms with Gasteiger partial charge in [-0.3, -0.25) is 14.4 Å². The first-order chi connectivity index (χ1) is 17.7. The van der Waals surface area contributed by atoms with E-state index in [9.17, 15) is 19.5 Å². The number of carbonyl (C=O) groups is 3. The van der Waals surface area contributed by atoms with E-state index in [1.54, 1.807) is 4.90 Å². The number of hydrogen-bond donors (Lipinski definition) is 1. The van der Waals surface area contributed by atoms with E-state index >= 15 is 0 Å². The summed E-state index contributed by atoms with van der Waals surface area (Å²) < 4.78 is 12.1. The standard InChI is InChI=1S/C29H36N2O6/c1-17(2)14-20(16-32)31-25-27(34)30(21-15-18(3)9-10-19(21)4)12-7-11-29(25)24(26(31)33)23-22(37-29)8-5-6-13-36-28(23)35/h5,7-11,15,17,20,22-25,32H,6,12-14,16H2,1-4H3/t20-,22-,23+,24+,25?,29+/m1/s1. The van der Waals surface area contributed by atoms with Crippen LogP contribution in [0, 0.1) is 31.6 Å². The predicted molar refractivity (Wildman–Crippen MR) is 138 cm³/mol. The van der Waals surface area contributed by atoms with Gasteiger partial charge in [-0.2, -0.15) is 0 Å². The summed E-state index contributed by atoms with van der Waals surface area (Å²) >= 11 is 0. The second kappa shape index (κ2) is 9.72. The predicted octanol–water partition coefficient (Wildman–Crippen LogP) is 2.70. The van der Waals surface area contributed by atoms with Crippen molar-refractivity contribution in [3.05, 3.63) is 53.6 Å². The number of aliphatic hydroxyl groups is 1. The lowest BCUT2D eigenvalue weighted by Gasteiger charge is -2.39. The smallest absolute Gasteiger partial charge is 0.312 e. The highest BCUT2D eigenvalue weighted by molar-refractivity contribution is 6.06. The summed E-state index contributed by atoms with van der Waals surface area (Å²) in [7, 11) is 0. The third-order valence-electron chi connectivity index (χ3n) is 8.06. The molecule has 37 heavy (non-hydrogen) atoms. The number of hydrogen-bond acceptors (Lipinski definition) is 6. The molecule has 4 aliphatic heterocycles. The minimum atomic E-state index is -1.34. The lowest BCUT2D eigenvalue weighted by atomic mass is 9.77. The minimum absolute atomic E-state index is 0.177. The molecule has 8 heteroatoms. The first kappa shape index (κ1) is 25.7. The number of cyclic esters (lactones) is 1. The molecule has 1 unspecified atom stereocenters. The van der Waals surface area contributed by atoms with Gasteiger partial charge in [-0.15, -0.1) is 0 Å². The molecule has 1 spiro atoms. The molecular weight excluding hydrogens is 472 g/mol. The average Bonchev–Trinajstić information content (AvgIpc) is 3.23. The molecule has 0 radical (unpaired) electrons. The van der Waals surface area contributed by atoms with Crippen molar-refractivity contribution in [1.29, 1.82) is 0 Å². The summed E-state index contributed by atoms with van der Waals surface area (Å²) in [5.74, 6) is -2.70. The second-order valence-corrected chi connectivity index (χ2v) is 11.1. The van der Waals surface area contributed by atoms with E-state index in [0.29, 0.717) is 19.4 Å². The number of ether oxygens (including phenoxy) is 2. The topological polar surface area (TPSA) is 96.4 Å². The fourth-order valence-electron chi connectivity index (χ4n) is 6.49. The van der Waals surface area contributed by atoms with Crippen molar-refractivity contribution in [2.75, 3.05) is 24.7 Å². The molecule has 1 aromatic carbocycles. The Hall–Kier alpha value is -2.97. The van der Waals surface area contributed by atoms with E-state index in [-0.39, 0.29) is 30.9 Å². The van der Waals surface area contributed by atoms with E-state index in [0.717, 1.165) is 16.8 Å². The van der Waals surface area contributed by atoms with Crippen LogP contribution in [0.4, 0.5) is 5.69 Å². The van der Waals surface area contributed by atoms with Gasteiger partial charge in [-0.1, -0.05) is 50.3 Å². The molecule has 2 fully saturated rings. The third-order valence-corrected chi connectivity index (χ3v) is 8.06. The highest BCUT2D eigenvalue weighted by atomic mass is 16.6. The summed E-state index contributed by atoms with van der Waals surface area (Å²) in [6, 6.07) is 4.34. The Balaban J connectivity index is 1.67. The van der Waals surface area contributed by atoms with Gasteiger partial charge in [0.15, 0.2) is 0 Å². The zero-order chi connectivity index (χ0) is 26.5. The Labute approximate surface area is 217 Å². The van der Waals surface area contributed by atoms with Gasteiger partial charge in [0.25, 0.3) is 5.91 Å². The number of rotatable bonds is 5. The van der Waals surface area contributed by atoms with E-state index in [4.69, 9.17) is 9.47 Å². The Bertz CT molecular complexity index is 1160. The SMILES string of the molecule is Cc1ccc(C)c(N2CC=C[C@]34O[C@@H]5C=CCCOC(=O)[C@@H]5[C@H]3C(=O)N([C@@H](CO)CC(C)C)C4C2=O)c1. The van der Waals surface area contributed by atoms with Crippen LogP contribution >= 0.6 is 0 Å². The summed E-state index contributed by atoms with van der Waals surface area (Å²) in [6.07, 6.45) is 7.83. The van der Waals surface area contributed by atoms with Gasteiger partial charge in [-0.25, -0.2) is 0 Å². The molecular formula is C29H36N2O6. The van der Waals surface area contributed by atoms with Gasteiger partial charge in [0.2, 0.25) is 5.91 Å². The van der Waals surface area contributed by atoms with E-state index < -0.39 is 41.6 Å². The minimum Gasteiger partial charge on any atom is -0.465 e. The number of aryl methyl sites for hydroxylation is 2. The van der Waals surface area contributed by atoms with E-state index in [2.05, 4.69) is 0 Å². The van der Waals surface area contributed by atoms with Crippen LogP contribution in [-0.4, -0.2) is 71.3 Å². The summed E-state index contributed by atoms with van der Waals surface area (Å²) in [5, 5.41) is 10.4. The zero-order valence-electron chi connectivity index (χ0n) is 21.9. The van der Waals surface area contributed by atoms with Gasteiger partial charge in [0.1, 0.15) is 17.6 Å². The molecule has 0 aromatic heterocycles. The Morgan fingerprint density at radius 3 is 2.65 bits per heavy atom. The molecule has 0 aliphatic carbocycles. The van der Waals surface area contributed by atoms with Crippen LogP contribution in [-0.2, 0) is 23.9 Å². The van der Waals surface area contributed by atoms with E-state index in [1.807, 2.05) is 70.2 Å². The van der Waals surface area contributed by atoms with Crippen molar-refractivity contribution in [1.82, 2.24) is 4.90 Å². The first-order valence-corrected chi connectivity index (χ1v) is 13.2. The highest BCUT2D eigenvalue weighted by Crippen LogP contribution is 2.54. The van der Waals surface area contributed by atoms with Gasteiger partial charge in [-0.05, 0) is 49.8 Å². The maximum Gasteiger partial charge on any atom is 0.312 e. The molecule has 1 N–H and O–H groups in total. The molecule has 0 saturated carbocycles. The molecule has 198 valence electrons. The molecule has 8 nitrogen and oxygen atoms in total. The van der Waals surface area contributed by atoms with Crippen molar-refractivity contribution in [3.63, 3.8) is 0 Å². The van der Waals surface area contributed by atoms with Crippen molar-refractivity contribution < 1.29 is 29.0 Å². The fraction of sp³-hybridized carbons (Fsp3) is 0.552. The molecule has 4 heterocycles. The van der Waals surface area contributed by atoms with Crippen molar-refractivity contribution in [3.8, 4) is 0 Å². The number of likely N-dealkylation sites (tertiary alicyclic amines) is 1. The lowest BCUT2D eigenvalue weighted by Crippen LogP contribution is -2.58. The summed E-state index contributed by atoms with van der Waals surface area (Å²) in [5.41, 5.74) is 1.39. The number of benzene rings is 1. The van der Waals surface area contributed by atoms with Gasteiger partial charge < -0.3 is 24.4 Å². The van der Waals surface area contributed by atoms with Crippen molar-refractivity contribution >= 4 is 23.5 Å². The second-order valence-electron chi connectivity index (χ2n) is 11.1. The van der Waals surface area contributed by atoms with Gasteiger partial charge in [0, 0.05) is 12.2 Å². The molecule has 6 atom stereocenters. The molecule has 1 aromatic rings. The maximum absolute atomic E-state index is 14.5. The molecule has 2 amide bonds. The van der Waals surface area contributed by atoms with Crippen LogP contribution < -0.4 is 4.90 Å². The third kappa shape index (κ3) is 4.10. The summed E-state index contributed by atoms with van der Waals surface area (Å²) in [4.78, 5) is 45.2. The number of aliphatic hydroxyl groups excluding tert-OH is 1. The van der Waals surface area contributed by atoms with Crippen LogP contribution in [0.25, 0.3) is 0 Å². The van der Waals surface area contributed by atoms with Crippen LogP contribution in [0.3, 0.4) is 0 Å². The number of fused-ring (bicyclic) bond motifs is 2. The average molecular weight is 509 g/mol. The quantitative estimate of drug-likeness (QED) is 0.485. The lowest BCUT2D eigenvalue weighted by molar-refractivity contribution is -0.155. The van der Waals surface area contributed by atoms with Crippen LogP contribution in [0.2, 0.25) is 0 Å². The number of esters is 1. The fourth-order valence-corrected chi connectivity index (χ4v) is 6.49. The highest BCUT2D eigenvalue weighted by Gasteiger charge is 2.72. The number of anilines is 1. The maximum atomic E-state index is 14.5. The number of carbonyl (C=O) groups excluding carboxylic acids is 3. The molecule has 5 rings (SSSR count). The zero-order valence-corrected chi connectivity index (χ0v) is 21.9. The van der Waals surface area contributed by atoms with Crippen LogP contribution in [0.5, 0.6) is 0 Å². The Kier molecular flexibility index (Phi) is 6.75. The van der Waals surface area contributed by atoms with Gasteiger partial charge in [0.05, 0.1) is 31.3 Å².